The Balaban J connectivity index is 1.71. The first kappa shape index (κ1) is 23.5. The molecular formula is C26H23ClN4O2. The van der Waals surface area contributed by atoms with Gasteiger partial charge in [-0.25, -0.2) is 0 Å². The molecule has 1 aromatic heterocycles. The van der Waals surface area contributed by atoms with Crippen LogP contribution in [0.4, 0.5) is 11.4 Å². The van der Waals surface area contributed by atoms with Crippen LogP contribution < -0.4 is 16.0 Å². The van der Waals surface area contributed by atoms with E-state index in [9.17, 15) is 9.59 Å². The molecule has 0 atom stereocenters. The molecule has 2 aromatic carbocycles. The van der Waals surface area contributed by atoms with E-state index < -0.39 is 5.91 Å². The minimum absolute atomic E-state index is 0.204. The van der Waals surface area contributed by atoms with E-state index in [1.807, 2.05) is 0 Å². The molecule has 33 heavy (non-hydrogen) atoms. The van der Waals surface area contributed by atoms with Crippen LogP contribution in [0, 0.1) is 12.3 Å². The van der Waals surface area contributed by atoms with Crippen molar-refractivity contribution in [2.45, 2.75) is 13.8 Å². The molecule has 0 saturated heterocycles. The lowest BCUT2D eigenvalue weighted by molar-refractivity contribution is -0.116. The summed E-state index contributed by atoms with van der Waals surface area (Å²) in [6.45, 7) is 3.58. The molecule has 0 aliphatic rings. The minimum Gasteiger partial charge on any atom is -0.357 e. The number of hydrogen-bond donors (Lipinski definition) is 4. The third-order valence-corrected chi connectivity index (χ3v) is 5.08. The molecular weight excluding hydrogens is 436 g/mol. The molecule has 0 fully saturated rings. The van der Waals surface area contributed by atoms with Gasteiger partial charge in [-0.2, -0.15) is 0 Å². The number of halogens is 1. The van der Waals surface area contributed by atoms with E-state index in [-0.39, 0.29) is 11.5 Å². The summed E-state index contributed by atoms with van der Waals surface area (Å²) in [6.07, 6.45) is 9.08. The molecule has 7 heteroatoms. The maximum absolute atomic E-state index is 12.9. The van der Waals surface area contributed by atoms with Gasteiger partial charge in [0.1, 0.15) is 11.5 Å². The van der Waals surface area contributed by atoms with Crippen molar-refractivity contribution in [3.05, 3.63) is 101 Å². The number of hydrogen-bond acceptors (Lipinski definition) is 3. The summed E-state index contributed by atoms with van der Waals surface area (Å²) < 4.78 is 0. The molecule has 1 heterocycles. The summed E-state index contributed by atoms with van der Waals surface area (Å²) in [5, 5.41) is 9.35. The van der Waals surface area contributed by atoms with Crippen LogP contribution in [-0.4, -0.2) is 16.8 Å². The highest BCUT2D eigenvalue weighted by Gasteiger charge is 2.14. The number of carbonyl (C=O) groups is 2. The van der Waals surface area contributed by atoms with Gasteiger partial charge in [-0.3, -0.25) is 9.59 Å². The molecule has 0 saturated carbocycles. The third-order valence-electron chi connectivity index (χ3n) is 4.82. The molecule has 0 unspecified atom stereocenters. The lowest BCUT2D eigenvalue weighted by Crippen LogP contribution is -2.28. The topological polar surface area (TPSA) is 86.0 Å². The Morgan fingerprint density at radius 1 is 1.00 bits per heavy atom. The average Bonchev–Trinajstić information content (AvgIpc) is 3.36. The zero-order chi connectivity index (χ0) is 23.8. The van der Waals surface area contributed by atoms with Crippen LogP contribution in [0.3, 0.4) is 0 Å². The van der Waals surface area contributed by atoms with E-state index in [4.69, 9.17) is 18.0 Å². The van der Waals surface area contributed by atoms with E-state index in [2.05, 4.69) is 26.9 Å². The number of benzene rings is 2. The van der Waals surface area contributed by atoms with Gasteiger partial charge in [-0.05, 0) is 79.6 Å². The Bertz CT molecular complexity index is 1230. The Morgan fingerprint density at radius 2 is 1.64 bits per heavy atom. The summed E-state index contributed by atoms with van der Waals surface area (Å²) in [7, 11) is 0. The third kappa shape index (κ3) is 6.16. The van der Waals surface area contributed by atoms with Crippen LogP contribution in [0.1, 0.15) is 29.9 Å². The van der Waals surface area contributed by atoms with Gasteiger partial charge in [0.15, 0.2) is 0 Å². The molecule has 2 amide bonds. The standard InChI is InChI=1S/C26H23ClN4O2/c1-4-22(25(32)31-24(5-2)29-20-14-10-19(27)11-15-20)17(3)18-8-12-21(13-9-18)30-26(33)23-7-6-16-28-23/h1,5-16,28-29H,2-3H3,(H,30,33)(H,31,32)/b22-17+,24-5+. The summed E-state index contributed by atoms with van der Waals surface area (Å²) in [5.41, 5.74) is 3.47. The number of terminal acetylenes is 1. The Kier molecular flexibility index (Phi) is 7.74. The molecule has 0 bridgehead atoms. The number of nitrogens with one attached hydrogen (secondary N) is 4. The van der Waals surface area contributed by atoms with Crippen molar-refractivity contribution in [3.63, 3.8) is 0 Å². The summed E-state index contributed by atoms with van der Waals surface area (Å²) in [6, 6.07) is 17.7. The SMILES string of the molecule is C#C/C(C(=O)N/C(=C/C)Nc1ccc(Cl)cc1)=C(/C)c1ccc(NC(=O)c2ccc[nH]2)cc1. The monoisotopic (exact) mass is 458 g/mol. The fraction of sp³-hybridized carbons (Fsp3) is 0.0769. The van der Waals surface area contributed by atoms with E-state index in [1.165, 1.54) is 0 Å². The lowest BCUT2D eigenvalue weighted by atomic mass is 10.0. The van der Waals surface area contributed by atoms with Gasteiger partial charge in [-0.15, -0.1) is 6.42 Å². The summed E-state index contributed by atoms with van der Waals surface area (Å²) in [4.78, 5) is 27.9. The van der Waals surface area contributed by atoms with Crippen LogP contribution >= 0.6 is 11.6 Å². The predicted molar refractivity (Wildman–Crippen MR) is 134 cm³/mol. The van der Waals surface area contributed by atoms with Crippen molar-refractivity contribution >= 4 is 40.4 Å². The minimum atomic E-state index is -0.409. The van der Waals surface area contributed by atoms with Gasteiger partial charge in [0.2, 0.25) is 0 Å². The molecule has 4 N–H and O–H groups in total. The number of aromatic nitrogens is 1. The zero-order valence-electron chi connectivity index (χ0n) is 18.2. The molecule has 0 spiro atoms. The highest BCUT2D eigenvalue weighted by molar-refractivity contribution is 6.30. The largest absolute Gasteiger partial charge is 0.357 e. The Morgan fingerprint density at radius 3 is 2.21 bits per heavy atom. The smallest absolute Gasteiger partial charge is 0.272 e. The van der Waals surface area contributed by atoms with Gasteiger partial charge in [0.25, 0.3) is 11.8 Å². The van der Waals surface area contributed by atoms with Crippen molar-refractivity contribution in [2.24, 2.45) is 0 Å². The van der Waals surface area contributed by atoms with Crippen molar-refractivity contribution in [3.8, 4) is 12.3 Å². The van der Waals surface area contributed by atoms with E-state index >= 15 is 0 Å². The number of H-pyrrole nitrogens is 1. The molecule has 6 nitrogen and oxygen atoms in total. The number of rotatable bonds is 7. The first-order chi connectivity index (χ1) is 15.9. The number of allylic oxidation sites excluding steroid dienone is 2. The molecule has 0 radical (unpaired) electrons. The van der Waals surface area contributed by atoms with Crippen molar-refractivity contribution < 1.29 is 9.59 Å². The quantitative estimate of drug-likeness (QED) is 0.282. The van der Waals surface area contributed by atoms with Crippen molar-refractivity contribution in [2.75, 3.05) is 10.6 Å². The van der Waals surface area contributed by atoms with E-state index in [0.717, 1.165) is 11.3 Å². The second-order valence-electron chi connectivity index (χ2n) is 7.05. The molecule has 3 aromatic rings. The maximum Gasteiger partial charge on any atom is 0.272 e. The van der Waals surface area contributed by atoms with Crippen molar-refractivity contribution in [1.82, 2.24) is 10.3 Å². The number of aromatic amines is 1. The lowest BCUT2D eigenvalue weighted by Gasteiger charge is -2.14. The normalized spacial score (nSPS) is 11.8. The van der Waals surface area contributed by atoms with Crippen LogP contribution in [-0.2, 0) is 4.79 Å². The first-order valence-corrected chi connectivity index (χ1v) is 10.5. The van der Waals surface area contributed by atoms with Gasteiger partial charge in [0, 0.05) is 22.6 Å². The number of anilines is 2. The average molecular weight is 459 g/mol. The summed E-state index contributed by atoms with van der Waals surface area (Å²) in [5.74, 6) is 2.33. The number of carbonyl (C=O) groups excluding carboxylic acids is 2. The van der Waals surface area contributed by atoms with Crippen LogP contribution in [0.25, 0.3) is 5.57 Å². The highest BCUT2D eigenvalue weighted by Crippen LogP contribution is 2.21. The van der Waals surface area contributed by atoms with Crippen LogP contribution in [0.5, 0.6) is 0 Å². The molecule has 3 rings (SSSR count). The predicted octanol–water partition coefficient (Wildman–Crippen LogP) is 5.42. The van der Waals surface area contributed by atoms with Gasteiger partial charge in [-0.1, -0.05) is 29.7 Å². The van der Waals surface area contributed by atoms with Gasteiger partial charge < -0.3 is 20.9 Å². The first-order valence-electron chi connectivity index (χ1n) is 10.1. The summed E-state index contributed by atoms with van der Waals surface area (Å²) >= 11 is 5.92. The molecule has 0 aliphatic carbocycles. The second kappa shape index (κ2) is 10.9. The van der Waals surface area contributed by atoms with E-state index in [0.29, 0.717) is 27.8 Å². The van der Waals surface area contributed by atoms with Gasteiger partial charge in [0.05, 0.1) is 5.57 Å². The number of amides is 2. The van der Waals surface area contributed by atoms with Crippen LogP contribution in [0.2, 0.25) is 5.02 Å². The maximum atomic E-state index is 12.9. The van der Waals surface area contributed by atoms with E-state index in [1.54, 1.807) is 86.8 Å². The Hall–Kier alpha value is -4.21. The second-order valence-corrected chi connectivity index (χ2v) is 7.48. The molecule has 0 aliphatic heterocycles. The molecule has 166 valence electrons. The van der Waals surface area contributed by atoms with Gasteiger partial charge >= 0.3 is 0 Å². The van der Waals surface area contributed by atoms with Crippen molar-refractivity contribution in [1.29, 1.82) is 0 Å². The van der Waals surface area contributed by atoms with Crippen LogP contribution in [0.15, 0.2) is 84.3 Å². The fourth-order valence-electron chi connectivity index (χ4n) is 3.01. The highest BCUT2D eigenvalue weighted by atomic mass is 35.5. The fourth-order valence-corrected chi connectivity index (χ4v) is 3.14. The Labute approximate surface area is 197 Å². The zero-order valence-corrected chi connectivity index (χ0v) is 19.0.